The highest BCUT2D eigenvalue weighted by molar-refractivity contribution is 5.83. The summed E-state index contributed by atoms with van der Waals surface area (Å²) in [5.74, 6) is 3.81. The number of amides is 1. The minimum Gasteiger partial charge on any atom is -0.341 e. The summed E-state index contributed by atoms with van der Waals surface area (Å²) >= 11 is 0. The second-order valence-electron chi connectivity index (χ2n) is 13.8. The van der Waals surface area contributed by atoms with Gasteiger partial charge < -0.3 is 14.4 Å². The molecule has 0 bridgehead atoms. The Morgan fingerprint density at radius 3 is 2.73 bits per heavy atom. The lowest BCUT2D eigenvalue weighted by Crippen LogP contribution is -2.53. The first kappa shape index (κ1) is 24.0. The Kier molecular flexibility index (Phi) is 5.49. The number of rotatable bonds is 3. The molecule has 1 aromatic carbocycles. The molecule has 2 aromatic rings. The lowest BCUT2D eigenvalue weighted by molar-refractivity contribution is -0.133. The van der Waals surface area contributed by atoms with Gasteiger partial charge in [-0.25, -0.2) is 0 Å². The van der Waals surface area contributed by atoms with E-state index in [0.29, 0.717) is 23.4 Å². The average molecular weight is 500 g/mol. The van der Waals surface area contributed by atoms with E-state index in [1.54, 1.807) is 5.57 Å². The van der Waals surface area contributed by atoms with Crippen LogP contribution in [0.15, 0.2) is 48.2 Å². The highest BCUT2D eigenvalue weighted by Gasteiger charge is 2.64. The Balaban J connectivity index is 1.07. The number of carbonyl (C=O) groups excluding carboxylic acids is 1. The fourth-order valence-corrected chi connectivity index (χ4v) is 10.5. The summed E-state index contributed by atoms with van der Waals surface area (Å²) in [5, 5.41) is 1.20. The SMILES string of the molecule is CC1C2CCC3C4CC=C5CC(N(C)C(=O)Cn6ccc7ccccc76)CCC5(C)C4CCC32CN1C. The molecule has 5 aliphatic rings. The second kappa shape index (κ2) is 8.46. The fourth-order valence-electron chi connectivity index (χ4n) is 10.5. The molecular formula is C33H45N3O. The number of benzene rings is 1. The predicted octanol–water partition coefficient (Wildman–Crippen LogP) is 6.36. The molecular weight excluding hydrogens is 454 g/mol. The van der Waals surface area contributed by atoms with Crippen LogP contribution in [0, 0.1) is 34.5 Å². The summed E-state index contributed by atoms with van der Waals surface area (Å²) in [7, 11) is 4.42. The number of hydrogen-bond acceptors (Lipinski definition) is 2. The molecule has 1 aromatic heterocycles. The van der Waals surface area contributed by atoms with Crippen LogP contribution in [0.4, 0.5) is 0 Å². The quantitative estimate of drug-likeness (QED) is 0.460. The Labute approximate surface area is 223 Å². The van der Waals surface area contributed by atoms with Crippen LogP contribution in [0.1, 0.15) is 65.2 Å². The van der Waals surface area contributed by atoms with Gasteiger partial charge in [-0.2, -0.15) is 0 Å². The molecule has 4 nitrogen and oxygen atoms in total. The second-order valence-corrected chi connectivity index (χ2v) is 13.8. The van der Waals surface area contributed by atoms with E-state index in [-0.39, 0.29) is 5.91 Å². The predicted molar refractivity (Wildman–Crippen MR) is 150 cm³/mol. The molecule has 198 valence electrons. The summed E-state index contributed by atoms with van der Waals surface area (Å²) in [6.45, 7) is 6.87. The topological polar surface area (TPSA) is 28.5 Å². The molecule has 4 fully saturated rings. The molecule has 37 heavy (non-hydrogen) atoms. The van der Waals surface area contributed by atoms with Crippen molar-refractivity contribution in [2.45, 2.75) is 83.8 Å². The highest BCUT2D eigenvalue weighted by atomic mass is 16.2. The van der Waals surface area contributed by atoms with E-state index in [4.69, 9.17) is 0 Å². The van der Waals surface area contributed by atoms with Gasteiger partial charge in [-0.15, -0.1) is 0 Å². The smallest absolute Gasteiger partial charge is 0.242 e. The van der Waals surface area contributed by atoms with Crippen molar-refractivity contribution in [3.63, 3.8) is 0 Å². The van der Waals surface area contributed by atoms with Crippen molar-refractivity contribution in [1.82, 2.24) is 14.4 Å². The lowest BCUT2D eigenvalue weighted by atomic mass is 9.47. The number of para-hydroxylation sites is 1. The number of fused-ring (bicyclic) bond motifs is 5. The summed E-state index contributed by atoms with van der Waals surface area (Å²) in [4.78, 5) is 18.1. The van der Waals surface area contributed by atoms with E-state index in [0.717, 1.165) is 48.1 Å². The van der Waals surface area contributed by atoms with E-state index in [2.05, 4.69) is 77.9 Å². The zero-order chi connectivity index (χ0) is 25.5. The third-order valence-corrected chi connectivity index (χ3v) is 12.6. The van der Waals surface area contributed by atoms with Gasteiger partial charge in [0.15, 0.2) is 0 Å². The van der Waals surface area contributed by atoms with Crippen LogP contribution >= 0.6 is 0 Å². The first-order chi connectivity index (χ1) is 17.8. The number of likely N-dealkylation sites (tertiary alicyclic amines) is 1. The lowest BCUT2D eigenvalue weighted by Gasteiger charge is -2.58. The van der Waals surface area contributed by atoms with Gasteiger partial charge >= 0.3 is 0 Å². The number of likely N-dealkylation sites (N-methyl/N-ethyl adjacent to an activating group) is 1. The van der Waals surface area contributed by atoms with Crippen LogP contribution in [0.3, 0.4) is 0 Å². The maximum Gasteiger partial charge on any atom is 0.242 e. The zero-order valence-corrected chi connectivity index (χ0v) is 23.3. The van der Waals surface area contributed by atoms with E-state index >= 15 is 0 Å². The van der Waals surface area contributed by atoms with E-state index in [1.807, 2.05) is 7.05 Å². The number of nitrogens with zero attached hydrogens (tertiary/aromatic N) is 3. The Bertz CT molecular complexity index is 1250. The van der Waals surface area contributed by atoms with Crippen LogP contribution < -0.4 is 0 Å². The summed E-state index contributed by atoms with van der Waals surface area (Å²) < 4.78 is 2.11. The molecule has 3 saturated carbocycles. The monoisotopic (exact) mass is 499 g/mol. The van der Waals surface area contributed by atoms with Crippen molar-refractivity contribution < 1.29 is 4.79 Å². The van der Waals surface area contributed by atoms with Gasteiger partial charge in [0.1, 0.15) is 6.54 Å². The Morgan fingerprint density at radius 2 is 1.86 bits per heavy atom. The number of aromatic nitrogens is 1. The van der Waals surface area contributed by atoms with Crippen molar-refractivity contribution in [2.24, 2.45) is 34.5 Å². The standard InChI is InChI=1S/C33H45N3O/c1-22-27-11-12-29-26-10-9-24-19-25(13-16-32(24,2)28(26)14-17-33(27,29)21-34(22)3)35(4)31(37)20-36-18-15-23-7-5-6-8-30(23)36/h5-9,15,18,22,25-29H,10-14,16-17,19-21H2,1-4H3. The molecule has 4 aliphatic carbocycles. The van der Waals surface area contributed by atoms with Gasteiger partial charge in [0.25, 0.3) is 0 Å². The molecule has 1 aliphatic heterocycles. The Hall–Kier alpha value is -2.07. The summed E-state index contributed by atoms with van der Waals surface area (Å²) in [6.07, 6.45) is 15.3. The van der Waals surface area contributed by atoms with Gasteiger partial charge in [-0.1, -0.05) is 36.8 Å². The van der Waals surface area contributed by atoms with Crippen molar-refractivity contribution in [3.8, 4) is 0 Å². The van der Waals surface area contributed by atoms with Crippen molar-refractivity contribution in [1.29, 1.82) is 0 Å². The third kappa shape index (κ3) is 3.40. The van der Waals surface area contributed by atoms with Crippen LogP contribution in [-0.2, 0) is 11.3 Å². The van der Waals surface area contributed by atoms with Gasteiger partial charge in [-0.05, 0) is 117 Å². The van der Waals surface area contributed by atoms with Crippen LogP contribution in [-0.4, -0.2) is 53.0 Å². The maximum absolute atomic E-state index is 13.4. The number of hydrogen-bond donors (Lipinski definition) is 0. The van der Waals surface area contributed by atoms with E-state index in [1.165, 1.54) is 50.5 Å². The molecule has 2 heterocycles. The number of allylic oxidation sites excluding steroid dienone is 1. The van der Waals surface area contributed by atoms with Gasteiger partial charge in [0.2, 0.25) is 5.91 Å². The largest absolute Gasteiger partial charge is 0.341 e. The van der Waals surface area contributed by atoms with Crippen molar-refractivity contribution in [2.75, 3.05) is 20.6 Å². The normalized spacial score (nSPS) is 41.0. The van der Waals surface area contributed by atoms with Crippen LogP contribution in [0.5, 0.6) is 0 Å². The zero-order valence-electron chi connectivity index (χ0n) is 23.3. The maximum atomic E-state index is 13.4. The molecule has 8 atom stereocenters. The van der Waals surface area contributed by atoms with Crippen molar-refractivity contribution in [3.05, 3.63) is 48.2 Å². The molecule has 4 heteroatoms. The van der Waals surface area contributed by atoms with Crippen molar-refractivity contribution >= 4 is 16.8 Å². The van der Waals surface area contributed by atoms with Crippen LogP contribution in [0.25, 0.3) is 10.9 Å². The first-order valence-electron chi connectivity index (χ1n) is 15.0. The van der Waals surface area contributed by atoms with E-state index < -0.39 is 0 Å². The minimum absolute atomic E-state index is 0.236. The molecule has 8 unspecified atom stereocenters. The summed E-state index contributed by atoms with van der Waals surface area (Å²) in [5.41, 5.74) is 3.77. The first-order valence-corrected chi connectivity index (χ1v) is 15.0. The van der Waals surface area contributed by atoms with Gasteiger partial charge in [-0.3, -0.25) is 4.79 Å². The van der Waals surface area contributed by atoms with E-state index in [9.17, 15) is 4.79 Å². The number of carbonyl (C=O) groups is 1. The molecule has 1 spiro atoms. The van der Waals surface area contributed by atoms with Gasteiger partial charge in [0.05, 0.1) is 0 Å². The molecule has 0 radical (unpaired) electrons. The summed E-state index contributed by atoms with van der Waals surface area (Å²) in [6, 6.07) is 11.6. The molecule has 1 amide bonds. The Morgan fingerprint density at radius 1 is 1.05 bits per heavy atom. The minimum atomic E-state index is 0.236. The average Bonchev–Trinajstić information content (AvgIpc) is 3.55. The van der Waals surface area contributed by atoms with Gasteiger partial charge in [0, 0.05) is 37.4 Å². The molecule has 1 saturated heterocycles. The molecule has 0 N–H and O–H groups in total. The fraction of sp³-hybridized carbons (Fsp3) is 0.667. The van der Waals surface area contributed by atoms with Crippen LogP contribution in [0.2, 0.25) is 0 Å². The molecule has 7 rings (SSSR count). The third-order valence-electron chi connectivity index (χ3n) is 12.6. The highest BCUT2D eigenvalue weighted by Crippen LogP contribution is 2.68.